The number of hydroxylamine groups is 2. The van der Waals surface area contributed by atoms with Crippen molar-refractivity contribution < 1.29 is 9.94 Å². The van der Waals surface area contributed by atoms with Crippen molar-refractivity contribution >= 4 is 11.6 Å². The molecule has 1 heterocycles. The molecule has 1 N–H and O–H groups in total. The van der Waals surface area contributed by atoms with Crippen molar-refractivity contribution in [1.29, 1.82) is 0 Å². The molecule has 0 aliphatic carbocycles. The molecular weight excluding hydrogens is 442 g/mol. The van der Waals surface area contributed by atoms with Gasteiger partial charge in [0.2, 0.25) is 0 Å². The zero-order chi connectivity index (χ0) is 23.8. The van der Waals surface area contributed by atoms with Gasteiger partial charge in [0.05, 0.1) is 11.6 Å². The Balaban J connectivity index is 1.69. The summed E-state index contributed by atoms with van der Waals surface area (Å²) in [5, 5.41) is 14.6. The molecule has 34 heavy (non-hydrogen) atoms. The van der Waals surface area contributed by atoms with Crippen molar-refractivity contribution in [2.45, 2.75) is 37.1 Å². The first-order valence-corrected chi connectivity index (χ1v) is 11.9. The van der Waals surface area contributed by atoms with Crippen molar-refractivity contribution in [3.05, 3.63) is 143 Å². The van der Waals surface area contributed by atoms with E-state index >= 15 is 0 Å². The van der Waals surface area contributed by atoms with Gasteiger partial charge in [-0.3, -0.25) is 4.84 Å². The van der Waals surface area contributed by atoms with E-state index < -0.39 is 17.2 Å². The fourth-order valence-electron chi connectivity index (χ4n) is 4.98. The molecule has 4 aromatic carbocycles. The van der Waals surface area contributed by atoms with E-state index in [9.17, 15) is 5.11 Å². The second-order valence-electron chi connectivity index (χ2n) is 9.27. The number of rotatable bonds is 6. The highest BCUT2D eigenvalue weighted by atomic mass is 35.5. The Morgan fingerprint density at radius 3 is 1.91 bits per heavy atom. The van der Waals surface area contributed by atoms with Gasteiger partial charge >= 0.3 is 0 Å². The van der Waals surface area contributed by atoms with Crippen LogP contribution >= 0.6 is 11.6 Å². The summed E-state index contributed by atoms with van der Waals surface area (Å²) in [6.45, 7) is 4.30. The van der Waals surface area contributed by atoms with E-state index in [-0.39, 0.29) is 6.04 Å². The second kappa shape index (κ2) is 9.01. The van der Waals surface area contributed by atoms with E-state index in [0.29, 0.717) is 5.02 Å². The Morgan fingerprint density at radius 1 is 0.794 bits per heavy atom. The molecule has 172 valence electrons. The molecule has 4 heteroatoms. The van der Waals surface area contributed by atoms with Crippen LogP contribution < -0.4 is 0 Å². The Morgan fingerprint density at radius 2 is 1.32 bits per heavy atom. The Labute approximate surface area is 206 Å². The number of hydrogen-bond acceptors (Lipinski definition) is 3. The maximum Gasteiger partial charge on any atom is 0.167 e. The predicted octanol–water partition coefficient (Wildman–Crippen LogP) is 7.19. The average molecular weight is 470 g/mol. The van der Waals surface area contributed by atoms with E-state index in [4.69, 9.17) is 16.4 Å². The smallest absolute Gasteiger partial charge is 0.167 e. The highest BCUT2D eigenvalue weighted by Gasteiger charge is 2.64. The first kappa shape index (κ1) is 22.8. The molecule has 1 aliphatic rings. The van der Waals surface area contributed by atoms with Gasteiger partial charge in [-0.15, -0.1) is 0 Å². The number of benzene rings is 4. The molecule has 0 spiro atoms. The summed E-state index contributed by atoms with van der Waals surface area (Å²) in [5.41, 5.74) is 2.42. The van der Waals surface area contributed by atoms with Gasteiger partial charge in [-0.05, 0) is 48.2 Å². The molecule has 5 rings (SSSR count). The molecule has 0 radical (unpaired) electrons. The molecule has 0 amide bonds. The zero-order valence-corrected chi connectivity index (χ0v) is 20.1. The minimum absolute atomic E-state index is 0.266. The van der Waals surface area contributed by atoms with Gasteiger partial charge in [0.25, 0.3) is 0 Å². The van der Waals surface area contributed by atoms with Crippen molar-refractivity contribution in [3.8, 4) is 0 Å². The van der Waals surface area contributed by atoms with Crippen LogP contribution in [0.15, 0.2) is 115 Å². The molecule has 0 saturated carbocycles. The molecule has 4 aromatic rings. The quantitative estimate of drug-likeness (QED) is 0.324. The lowest BCUT2D eigenvalue weighted by Crippen LogP contribution is -2.66. The second-order valence-corrected chi connectivity index (χ2v) is 9.71. The summed E-state index contributed by atoms with van der Waals surface area (Å²) >= 11 is 6.25. The molecule has 3 nitrogen and oxygen atoms in total. The first-order chi connectivity index (χ1) is 16.4. The van der Waals surface area contributed by atoms with E-state index in [0.717, 1.165) is 22.3 Å². The minimum atomic E-state index is -1.01. The van der Waals surface area contributed by atoms with Gasteiger partial charge in [-0.1, -0.05) is 115 Å². The molecule has 1 saturated heterocycles. The summed E-state index contributed by atoms with van der Waals surface area (Å²) in [6, 6.07) is 37.6. The minimum Gasteiger partial charge on any atom is -0.385 e. The highest BCUT2D eigenvalue weighted by Crippen LogP contribution is 2.61. The number of nitrogens with zero attached hydrogens (tertiary/aromatic N) is 1. The van der Waals surface area contributed by atoms with Crippen LogP contribution in [0.25, 0.3) is 0 Å². The van der Waals surface area contributed by atoms with E-state index in [1.807, 2.05) is 108 Å². The maximum atomic E-state index is 11.9. The fraction of sp³-hybridized carbons (Fsp3) is 0.200. The lowest BCUT2D eigenvalue weighted by molar-refractivity contribution is -0.460. The lowest BCUT2D eigenvalue weighted by atomic mass is 9.72. The molecule has 3 atom stereocenters. The standard InChI is InChI=1S/C30H28ClNO2/c1-29(2,24-14-8-4-9-15-24)32-27(22-18-20-26(31)21-19-22)30(34-32,25-16-10-5-11-17-25)28(33)23-12-6-3-7-13-23/h3-21,27-28,33H,1-2H3/t27-,28+,30+/m1/s1. The third-order valence-electron chi connectivity index (χ3n) is 6.85. The molecule has 0 unspecified atom stereocenters. The number of aliphatic hydroxyl groups is 1. The zero-order valence-electron chi connectivity index (χ0n) is 19.3. The molecule has 0 aromatic heterocycles. The van der Waals surface area contributed by atoms with Crippen molar-refractivity contribution in [2.75, 3.05) is 0 Å². The third-order valence-corrected chi connectivity index (χ3v) is 7.11. The fourth-order valence-corrected chi connectivity index (χ4v) is 5.10. The number of aliphatic hydroxyl groups excluding tert-OH is 1. The molecular formula is C30H28ClNO2. The third kappa shape index (κ3) is 3.75. The van der Waals surface area contributed by atoms with Crippen LogP contribution in [0.4, 0.5) is 0 Å². The van der Waals surface area contributed by atoms with Gasteiger partial charge < -0.3 is 5.11 Å². The summed E-state index contributed by atoms with van der Waals surface area (Å²) < 4.78 is 0. The summed E-state index contributed by atoms with van der Waals surface area (Å²) in [4.78, 5) is 6.80. The maximum absolute atomic E-state index is 11.9. The van der Waals surface area contributed by atoms with E-state index in [1.54, 1.807) is 0 Å². The normalized spacial score (nSPS) is 21.6. The number of hydrogen-bond donors (Lipinski definition) is 1. The van der Waals surface area contributed by atoms with Gasteiger partial charge in [0, 0.05) is 5.02 Å². The van der Waals surface area contributed by atoms with Crippen molar-refractivity contribution in [3.63, 3.8) is 0 Å². The van der Waals surface area contributed by atoms with Gasteiger partial charge in [0.1, 0.15) is 6.10 Å². The molecule has 0 bridgehead atoms. The van der Waals surface area contributed by atoms with E-state index in [1.165, 1.54) is 0 Å². The van der Waals surface area contributed by atoms with E-state index in [2.05, 4.69) is 26.0 Å². The predicted molar refractivity (Wildman–Crippen MR) is 136 cm³/mol. The summed E-state index contributed by atoms with van der Waals surface area (Å²) in [5.74, 6) is 0. The Bertz CT molecular complexity index is 1230. The summed E-state index contributed by atoms with van der Waals surface area (Å²) in [6.07, 6.45) is -0.889. The number of halogens is 1. The van der Waals surface area contributed by atoms with Crippen molar-refractivity contribution in [2.24, 2.45) is 0 Å². The van der Waals surface area contributed by atoms with Gasteiger partial charge in [-0.25, -0.2) is 0 Å². The van der Waals surface area contributed by atoms with Crippen LogP contribution in [0, 0.1) is 0 Å². The van der Waals surface area contributed by atoms with Gasteiger partial charge in [-0.2, -0.15) is 5.06 Å². The summed E-state index contributed by atoms with van der Waals surface area (Å²) in [7, 11) is 0. The molecule has 1 fully saturated rings. The highest BCUT2D eigenvalue weighted by molar-refractivity contribution is 6.30. The van der Waals surface area contributed by atoms with Crippen LogP contribution in [0.1, 0.15) is 48.2 Å². The van der Waals surface area contributed by atoms with Crippen LogP contribution in [-0.4, -0.2) is 10.2 Å². The monoisotopic (exact) mass is 469 g/mol. The van der Waals surface area contributed by atoms with Crippen LogP contribution in [0.2, 0.25) is 5.02 Å². The first-order valence-electron chi connectivity index (χ1n) is 11.5. The molecule has 1 aliphatic heterocycles. The van der Waals surface area contributed by atoms with Crippen LogP contribution in [-0.2, 0) is 16.0 Å². The topological polar surface area (TPSA) is 32.7 Å². The Hall–Kier alpha value is -2.95. The lowest BCUT2D eigenvalue weighted by Gasteiger charge is -2.63. The van der Waals surface area contributed by atoms with Crippen molar-refractivity contribution in [1.82, 2.24) is 5.06 Å². The van der Waals surface area contributed by atoms with Crippen LogP contribution in [0.5, 0.6) is 0 Å². The van der Waals surface area contributed by atoms with Crippen LogP contribution in [0.3, 0.4) is 0 Å². The van der Waals surface area contributed by atoms with Gasteiger partial charge in [0.15, 0.2) is 5.60 Å². The Kier molecular flexibility index (Phi) is 6.05. The largest absolute Gasteiger partial charge is 0.385 e. The average Bonchev–Trinajstić information content (AvgIpc) is 2.86. The SMILES string of the molecule is CC(C)(c1ccccc1)N1O[C@](c2ccccc2)([C@@H](O)c2ccccc2)[C@H]1c1ccc(Cl)cc1.